The highest BCUT2D eigenvalue weighted by molar-refractivity contribution is 5.81. The lowest BCUT2D eigenvalue weighted by Crippen LogP contribution is -2.36. The van der Waals surface area contributed by atoms with Gasteiger partial charge in [0.15, 0.2) is 0 Å². The summed E-state index contributed by atoms with van der Waals surface area (Å²) < 4.78 is 17.9. The fourth-order valence-corrected chi connectivity index (χ4v) is 1.52. The Hall–Kier alpha value is -2.37. The molecule has 0 aromatic heterocycles. The zero-order valence-corrected chi connectivity index (χ0v) is 10.9. The van der Waals surface area contributed by atoms with Gasteiger partial charge in [0.05, 0.1) is 13.0 Å². The van der Waals surface area contributed by atoms with Crippen molar-refractivity contribution in [3.05, 3.63) is 42.7 Å². The van der Waals surface area contributed by atoms with Crippen LogP contribution in [0.2, 0.25) is 0 Å². The number of carboxylic acids is 1. The van der Waals surface area contributed by atoms with Crippen LogP contribution in [0.5, 0.6) is 5.75 Å². The second kappa shape index (κ2) is 7.93. The van der Waals surface area contributed by atoms with E-state index in [1.54, 1.807) is 0 Å². The average Bonchev–Trinajstić information content (AvgIpc) is 2.40. The molecule has 0 aliphatic carbocycles. The minimum Gasteiger partial charge on any atom is -0.493 e. The molecule has 1 rings (SSSR count). The molecular weight excluding hydrogens is 265 g/mol. The predicted molar refractivity (Wildman–Crippen MR) is 70.9 cm³/mol. The molecule has 6 heteroatoms. The SMILES string of the molecule is C=CCN(CC(=O)O)C(=O)CCOc1ccc(F)cc1. The van der Waals surface area contributed by atoms with Gasteiger partial charge in [0.25, 0.3) is 0 Å². The molecule has 5 nitrogen and oxygen atoms in total. The monoisotopic (exact) mass is 281 g/mol. The molecule has 1 aromatic carbocycles. The highest BCUT2D eigenvalue weighted by Crippen LogP contribution is 2.11. The summed E-state index contributed by atoms with van der Waals surface area (Å²) in [7, 11) is 0. The molecule has 0 bridgehead atoms. The number of halogens is 1. The average molecular weight is 281 g/mol. The van der Waals surface area contributed by atoms with Crippen molar-refractivity contribution in [2.24, 2.45) is 0 Å². The molecule has 0 spiro atoms. The third-order valence-corrected chi connectivity index (χ3v) is 2.43. The zero-order chi connectivity index (χ0) is 15.0. The number of carbonyl (C=O) groups excluding carboxylic acids is 1. The number of benzene rings is 1. The number of hydrogen-bond acceptors (Lipinski definition) is 3. The molecule has 108 valence electrons. The first-order chi connectivity index (χ1) is 9.52. The number of amides is 1. The first-order valence-corrected chi connectivity index (χ1v) is 6.01. The van der Waals surface area contributed by atoms with Crippen molar-refractivity contribution in [2.45, 2.75) is 6.42 Å². The summed E-state index contributed by atoms with van der Waals surface area (Å²) >= 11 is 0. The van der Waals surface area contributed by atoms with Gasteiger partial charge in [0.1, 0.15) is 18.1 Å². The minimum atomic E-state index is -1.08. The summed E-state index contributed by atoms with van der Waals surface area (Å²) in [6, 6.07) is 5.42. The lowest BCUT2D eigenvalue weighted by molar-refractivity contribution is -0.144. The van der Waals surface area contributed by atoms with Crippen molar-refractivity contribution in [3.8, 4) is 5.75 Å². The van der Waals surface area contributed by atoms with Gasteiger partial charge in [0, 0.05) is 6.54 Å². The quantitative estimate of drug-likeness (QED) is 0.736. The minimum absolute atomic E-state index is 0.0402. The number of carboxylic acid groups (broad SMARTS) is 1. The Morgan fingerprint density at radius 1 is 1.35 bits per heavy atom. The lowest BCUT2D eigenvalue weighted by Gasteiger charge is -2.18. The molecular formula is C14H16FNO4. The maximum Gasteiger partial charge on any atom is 0.323 e. The van der Waals surface area contributed by atoms with Gasteiger partial charge in [0.2, 0.25) is 5.91 Å². The summed E-state index contributed by atoms with van der Waals surface area (Å²) in [5.41, 5.74) is 0. The van der Waals surface area contributed by atoms with Crippen LogP contribution in [-0.2, 0) is 9.59 Å². The van der Waals surface area contributed by atoms with Gasteiger partial charge in [-0.05, 0) is 24.3 Å². The van der Waals surface area contributed by atoms with Gasteiger partial charge in [-0.3, -0.25) is 9.59 Å². The molecule has 20 heavy (non-hydrogen) atoms. The second-order valence-electron chi connectivity index (χ2n) is 4.01. The van der Waals surface area contributed by atoms with Crippen LogP contribution >= 0.6 is 0 Å². The van der Waals surface area contributed by atoms with E-state index in [0.29, 0.717) is 5.75 Å². The molecule has 0 saturated carbocycles. The van der Waals surface area contributed by atoms with Crippen molar-refractivity contribution in [2.75, 3.05) is 19.7 Å². The first kappa shape index (κ1) is 15.7. The summed E-state index contributed by atoms with van der Waals surface area (Å²) in [5, 5.41) is 8.69. The van der Waals surface area contributed by atoms with Gasteiger partial charge in [-0.2, -0.15) is 0 Å². The summed E-state index contributed by atoms with van der Waals surface area (Å²) in [6.07, 6.45) is 1.50. The Bertz CT molecular complexity index is 473. The summed E-state index contributed by atoms with van der Waals surface area (Å²) in [5.74, 6) is -1.34. The van der Waals surface area contributed by atoms with Gasteiger partial charge >= 0.3 is 5.97 Å². The number of aliphatic carboxylic acids is 1. The van der Waals surface area contributed by atoms with E-state index in [1.165, 1.54) is 35.2 Å². The molecule has 1 amide bonds. The third kappa shape index (κ3) is 5.51. The van der Waals surface area contributed by atoms with E-state index in [0.717, 1.165) is 0 Å². The first-order valence-electron chi connectivity index (χ1n) is 6.01. The van der Waals surface area contributed by atoms with Gasteiger partial charge in [-0.15, -0.1) is 6.58 Å². The lowest BCUT2D eigenvalue weighted by atomic mass is 10.3. The van der Waals surface area contributed by atoms with E-state index in [9.17, 15) is 14.0 Å². The van der Waals surface area contributed by atoms with Crippen LogP contribution in [0.15, 0.2) is 36.9 Å². The molecule has 0 heterocycles. The summed E-state index contributed by atoms with van der Waals surface area (Å²) in [6.45, 7) is 3.36. The molecule has 0 fully saturated rings. The number of carbonyl (C=O) groups is 2. The number of ether oxygens (including phenoxy) is 1. The normalized spacial score (nSPS) is 9.85. The molecule has 1 N–H and O–H groups in total. The smallest absolute Gasteiger partial charge is 0.323 e. The Morgan fingerprint density at radius 2 is 2.00 bits per heavy atom. The largest absolute Gasteiger partial charge is 0.493 e. The van der Waals surface area contributed by atoms with Gasteiger partial charge < -0.3 is 14.7 Å². The second-order valence-corrected chi connectivity index (χ2v) is 4.01. The van der Waals surface area contributed by atoms with Crippen LogP contribution in [0.1, 0.15) is 6.42 Å². The fourth-order valence-electron chi connectivity index (χ4n) is 1.52. The fraction of sp³-hybridized carbons (Fsp3) is 0.286. The molecule has 0 radical (unpaired) electrons. The van der Waals surface area contributed by atoms with Crippen LogP contribution in [0.25, 0.3) is 0 Å². The Labute approximate surface area is 116 Å². The highest BCUT2D eigenvalue weighted by atomic mass is 19.1. The van der Waals surface area contributed by atoms with Crippen LogP contribution in [0.3, 0.4) is 0 Å². The van der Waals surface area contributed by atoms with Crippen molar-refractivity contribution >= 4 is 11.9 Å². The standard InChI is InChI=1S/C14H16FNO4/c1-2-8-16(10-14(18)19)13(17)7-9-20-12-5-3-11(15)4-6-12/h2-6H,1,7-10H2,(H,18,19). The van der Waals surface area contributed by atoms with Gasteiger partial charge in [-0.1, -0.05) is 6.08 Å². The molecule has 0 saturated heterocycles. The molecule has 1 aromatic rings. The number of hydrogen-bond donors (Lipinski definition) is 1. The van der Waals surface area contributed by atoms with Crippen molar-refractivity contribution in [3.63, 3.8) is 0 Å². The van der Waals surface area contributed by atoms with E-state index in [4.69, 9.17) is 9.84 Å². The van der Waals surface area contributed by atoms with E-state index >= 15 is 0 Å². The van der Waals surface area contributed by atoms with Crippen LogP contribution in [0, 0.1) is 5.82 Å². The van der Waals surface area contributed by atoms with Crippen LogP contribution < -0.4 is 4.74 Å². The Morgan fingerprint density at radius 3 is 2.55 bits per heavy atom. The van der Waals surface area contributed by atoms with Crippen molar-refractivity contribution in [1.29, 1.82) is 0 Å². The van der Waals surface area contributed by atoms with E-state index in [-0.39, 0.29) is 37.8 Å². The maximum absolute atomic E-state index is 12.7. The van der Waals surface area contributed by atoms with Crippen LogP contribution in [-0.4, -0.2) is 41.6 Å². The van der Waals surface area contributed by atoms with E-state index in [1.807, 2.05) is 0 Å². The van der Waals surface area contributed by atoms with Gasteiger partial charge in [-0.25, -0.2) is 4.39 Å². The molecule has 0 aliphatic heterocycles. The Kier molecular flexibility index (Phi) is 6.22. The summed E-state index contributed by atoms with van der Waals surface area (Å²) in [4.78, 5) is 23.6. The predicted octanol–water partition coefficient (Wildman–Crippen LogP) is 1.69. The van der Waals surface area contributed by atoms with E-state index < -0.39 is 5.97 Å². The number of rotatable bonds is 8. The Balaban J connectivity index is 2.42. The van der Waals surface area contributed by atoms with E-state index in [2.05, 4.69) is 6.58 Å². The van der Waals surface area contributed by atoms with Crippen molar-refractivity contribution < 1.29 is 23.8 Å². The maximum atomic E-state index is 12.7. The number of nitrogens with zero attached hydrogens (tertiary/aromatic N) is 1. The third-order valence-electron chi connectivity index (χ3n) is 2.43. The van der Waals surface area contributed by atoms with Crippen molar-refractivity contribution in [1.82, 2.24) is 4.90 Å². The molecule has 0 aliphatic rings. The topological polar surface area (TPSA) is 66.8 Å². The van der Waals surface area contributed by atoms with Crippen LogP contribution in [0.4, 0.5) is 4.39 Å². The zero-order valence-electron chi connectivity index (χ0n) is 10.9. The molecule has 0 atom stereocenters. The highest BCUT2D eigenvalue weighted by Gasteiger charge is 2.15. The molecule has 0 unspecified atom stereocenters.